The van der Waals surface area contributed by atoms with Crippen LogP contribution in [0, 0.1) is 18.0 Å². The van der Waals surface area contributed by atoms with Gasteiger partial charge in [0, 0.05) is 5.56 Å². The number of hydrogen-bond acceptors (Lipinski definition) is 0. The van der Waals surface area contributed by atoms with E-state index in [1.54, 1.807) is 0 Å². The standard InChI is InChI=1S/C17H21F/c1-2-3-14-4-8-16(9-5-14)17-10-6-15(7-11-17)12-13-18/h6-7,10-11,14,16H,2-5,8-9H2,1H3/t14-,16-. The van der Waals surface area contributed by atoms with Gasteiger partial charge in [0.15, 0.2) is 0 Å². The molecule has 1 aromatic carbocycles. The number of halogens is 1. The van der Waals surface area contributed by atoms with E-state index in [1.165, 1.54) is 50.3 Å². The van der Waals surface area contributed by atoms with Gasteiger partial charge in [-0.05, 0) is 61.1 Å². The van der Waals surface area contributed by atoms with Gasteiger partial charge < -0.3 is 0 Å². The zero-order valence-electron chi connectivity index (χ0n) is 11.1. The normalized spacial score (nSPS) is 23.2. The van der Waals surface area contributed by atoms with Crippen LogP contribution < -0.4 is 0 Å². The molecule has 1 aliphatic rings. The second kappa shape index (κ2) is 6.59. The monoisotopic (exact) mass is 244 g/mol. The Morgan fingerprint density at radius 1 is 1.11 bits per heavy atom. The molecule has 0 atom stereocenters. The molecule has 2 rings (SSSR count). The second-order valence-corrected chi connectivity index (χ2v) is 5.35. The Balaban J connectivity index is 1.94. The van der Waals surface area contributed by atoms with Gasteiger partial charge in [-0.3, -0.25) is 0 Å². The van der Waals surface area contributed by atoms with Gasteiger partial charge in [-0.25, -0.2) is 0 Å². The van der Waals surface area contributed by atoms with Crippen molar-refractivity contribution < 1.29 is 4.39 Å². The number of hydrogen-bond donors (Lipinski definition) is 0. The first-order valence-corrected chi connectivity index (χ1v) is 7.05. The Hall–Kier alpha value is -1.29. The molecule has 1 heteroatoms. The van der Waals surface area contributed by atoms with Gasteiger partial charge in [-0.15, -0.1) is 4.39 Å². The van der Waals surface area contributed by atoms with Crippen LogP contribution in [0.1, 0.15) is 62.5 Å². The molecule has 0 nitrogen and oxygen atoms in total. The first-order valence-electron chi connectivity index (χ1n) is 7.05. The van der Waals surface area contributed by atoms with E-state index in [-0.39, 0.29) is 0 Å². The van der Waals surface area contributed by atoms with Crippen LogP contribution in [0.15, 0.2) is 24.3 Å². The second-order valence-electron chi connectivity index (χ2n) is 5.35. The van der Waals surface area contributed by atoms with E-state index in [9.17, 15) is 4.39 Å². The summed E-state index contributed by atoms with van der Waals surface area (Å²) in [6, 6.07) is 8.09. The van der Waals surface area contributed by atoms with Gasteiger partial charge in [-0.2, -0.15) is 0 Å². The zero-order valence-corrected chi connectivity index (χ0v) is 11.1. The molecule has 0 radical (unpaired) electrons. The molecule has 0 aromatic heterocycles. The van der Waals surface area contributed by atoms with Crippen LogP contribution in [0.25, 0.3) is 0 Å². The summed E-state index contributed by atoms with van der Waals surface area (Å²) in [7, 11) is 0. The van der Waals surface area contributed by atoms with Gasteiger partial charge in [0.05, 0.1) is 0 Å². The highest BCUT2D eigenvalue weighted by Crippen LogP contribution is 2.37. The molecule has 18 heavy (non-hydrogen) atoms. The van der Waals surface area contributed by atoms with Gasteiger partial charge in [0.2, 0.25) is 0 Å². The lowest BCUT2D eigenvalue weighted by Crippen LogP contribution is -2.13. The van der Waals surface area contributed by atoms with Crippen LogP contribution in [0.5, 0.6) is 0 Å². The summed E-state index contributed by atoms with van der Waals surface area (Å²) in [4.78, 5) is 0. The van der Waals surface area contributed by atoms with Crippen molar-refractivity contribution in [3.63, 3.8) is 0 Å². The predicted molar refractivity (Wildman–Crippen MR) is 74.0 cm³/mol. The molecule has 1 saturated carbocycles. The Morgan fingerprint density at radius 3 is 2.33 bits per heavy atom. The minimum Gasteiger partial charge on any atom is -0.144 e. The van der Waals surface area contributed by atoms with Crippen molar-refractivity contribution >= 4 is 0 Å². The van der Waals surface area contributed by atoms with Crippen molar-refractivity contribution in [2.45, 2.75) is 51.4 Å². The summed E-state index contributed by atoms with van der Waals surface area (Å²) in [6.07, 6.45) is 9.49. The van der Waals surface area contributed by atoms with Gasteiger partial charge in [-0.1, -0.05) is 31.9 Å². The van der Waals surface area contributed by atoms with Crippen molar-refractivity contribution in [3.05, 3.63) is 35.4 Å². The van der Waals surface area contributed by atoms with E-state index in [0.29, 0.717) is 5.92 Å². The van der Waals surface area contributed by atoms with E-state index in [0.717, 1.165) is 11.5 Å². The molecule has 0 bridgehead atoms. The fraction of sp³-hybridized carbons (Fsp3) is 0.529. The Kier molecular flexibility index (Phi) is 4.81. The number of benzene rings is 1. The quantitative estimate of drug-likeness (QED) is 0.653. The third-order valence-corrected chi connectivity index (χ3v) is 4.12. The zero-order chi connectivity index (χ0) is 12.8. The summed E-state index contributed by atoms with van der Waals surface area (Å²) >= 11 is 0. The van der Waals surface area contributed by atoms with Crippen LogP contribution in [0.4, 0.5) is 4.39 Å². The van der Waals surface area contributed by atoms with Gasteiger partial charge in [0.1, 0.15) is 6.17 Å². The summed E-state index contributed by atoms with van der Waals surface area (Å²) in [5.41, 5.74) is 2.16. The summed E-state index contributed by atoms with van der Waals surface area (Å²) in [5.74, 6) is 4.09. The maximum Gasteiger partial charge on any atom is 0.111 e. The van der Waals surface area contributed by atoms with Crippen LogP contribution in [0.2, 0.25) is 0 Å². The minimum atomic E-state index is 0.700. The first-order chi connectivity index (χ1) is 8.83. The highest BCUT2D eigenvalue weighted by atomic mass is 19.1. The smallest absolute Gasteiger partial charge is 0.111 e. The third kappa shape index (κ3) is 3.35. The topological polar surface area (TPSA) is 0 Å². The Morgan fingerprint density at radius 2 is 1.78 bits per heavy atom. The van der Waals surface area contributed by atoms with Gasteiger partial charge in [0.25, 0.3) is 0 Å². The molecule has 0 amide bonds. The Labute approximate surface area is 110 Å². The summed E-state index contributed by atoms with van der Waals surface area (Å²) in [6.45, 7) is 2.27. The minimum absolute atomic E-state index is 0.700. The fourth-order valence-corrected chi connectivity index (χ4v) is 3.09. The fourth-order valence-electron chi connectivity index (χ4n) is 3.09. The van der Waals surface area contributed by atoms with E-state index in [1.807, 2.05) is 12.1 Å². The largest absolute Gasteiger partial charge is 0.144 e. The lowest BCUT2D eigenvalue weighted by atomic mass is 9.77. The molecule has 0 unspecified atom stereocenters. The first kappa shape index (κ1) is 13.1. The van der Waals surface area contributed by atoms with Crippen molar-refractivity contribution in [1.82, 2.24) is 0 Å². The molecular weight excluding hydrogens is 223 g/mol. The van der Waals surface area contributed by atoms with Crippen LogP contribution >= 0.6 is 0 Å². The van der Waals surface area contributed by atoms with E-state index < -0.39 is 0 Å². The van der Waals surface area contributed by atoms with Crippen LogP contribution in [0.3, 0.4) is 0 Å². The maximum atomic E-state index is 11.9. The molecule has 0 heterocycles. The molecule has 96 valence electrons. The van der Waals surface area contributed by atoms with E-state index in [4.69, 9.17) is 0 Å². The Bertz CT molecular complexity index is 413. The molecular formula is C17H21F. The van der Waals surface area contributed by atoms with Gasteiger partial charge >= 0.3 is 0 Å². The predicted octanol–water partition coefficient (Wildman–Crippen LogP) is 5.04. The molecule has 1 aliphatic carbocycles. The lowest BCUT2D eigenvalue weighted by molar-refractivity contribution is 0.308. The molecule has 0 aliphatic heterocycles. The van der Waals surface area contributed by atoms with E-state index >= 15 is 0 Å². The molecule has 1 aromatic rings. The summed E-state index contributed by atoms with van der Waals surface area (Å²) < 4.78 is 11.9. The average molecular weight is 244 g/mol. The maximum absolute atomic E-state index is 11.9. The van der Waals surface area contributed by atoms with Crippen molar-refractivity contribution in [1.29, 1.82) is 0 Å². The van der Waals surface area contributed by atoms with E-state index in [2.05, 4.69) is 25.0 Å². The van der Waals surface area contributed by atoms with Crippen LogP contribution in [-0.2, 0) is 0 Å². The lowest BCUT2D eigenvalue weighted by Gasteiger charge is -2.28. The van der Waals surface area contributed by atoms with Crippen LogP contribution in [-0.4, -0.2) is 0 Å². The molecule has 0 spiro atoms. The summed E-state index contributed by atoms with van der Waals surface area (Å²) in [5, 5.41) is 0. The van der Waals surface area contributed by atoms with Crippen molar-refractivity contribution in [3.8, 4) is 12.1 Å². The molecule has 0 N–H and O–H groups in total. The molecule has 1 fully saturated rings. The molecule has 0 saturated heterocycles. The SMILES string of the molecule is CCC[C@H]1CC[C@H](c2ccc(C#CF)cc2)CC1. The highest BCUT2D eigenvalue weighted by Gasteiger charge is 2.21. The average Bonchev–Trinajstić information content (AvgIpc) is 2.41. The third-order valence-electron chi connectivity index (χ3n) is 4.12. The van der Waals surface area contributed by atoms with Crippen molar-refractivity contribution in [2.24, 2.45) is 5.92 Å². The van der Waals surface area contributed by atoms with Crippen molar-refractivity contribution in [2.75, 3.05) is 0 Å². The highest BCUT2D eigenvalue weighted by molar-refractivity contribution is 5.36. The number of rotatable bonds is 3.